The van der Waals surface area contributed by atoms with E-state index in [4.69, 9.17) is 0 Å². The molecule has 3 heteroatoms. The fourth-order valence-electron chi connectivity index (χ4n) is 6.42. The van der Waals surface area contributed by atoms with Gasteiger partial charge < -0.3 is 15.3 Å². The van der Waals surface area contributed by atoms with Gasteiger partial charge in [-0.1, -0.05) is 44.1 Å². The summed E-state index contributed by atoms with van der Waals surface area (Å²) in [6.45, 7) is 11.8. The molecule has 0 bridgehead atoms. The lowest BCUT2D eigenvalue weighted by Crippen LogP contribution is -2.47. The molecule has 3 N–H and O–H groups in total. The number of hydrogen-bond acceptors (Lipinski definition) is 3. The molecule has 0 amide bonds. The van der Waals surface area contributed by atoms with Crippen LogP contribution in [-0.4, -0.2) is 32.6 Å². The summed E-state index contributed by atoms with van der Waals surface area (Å²) in [6.07, 6.45) is 17.6. The summed E-state index contributed by atoms with van der Waals surface area (Å²) in [6, 6.07) is 0. The lowest BCUT2D eigenvalue weighted by Gasteiger charge is -2.42. The van der Waals surface area contributed by atoms with Gasteiger partial charge in [-0.15, -0.1) is 0 Å². The number of allylic oxidation sites excluding steroid dienone is 3. The van der Waals surface area contributed by atoms with E-state index in [0.717, 1.165) is 43.6 Å². The van der Waals surface area contributed by atoms with Crippen molar-refractivity contribution in [1.29, 1.82) is 0 Å². The zero-order valence-corrected chi connectivity index (χ0v) is 20.4. The van der Waals surface area contributed by atoms with E-state index < -0.39 is 11.2 Å². The molecule has 0 spiro atoms. The van der Waals surface area contributed by atoms with Crippen LogP contribution in [0.2, 0.25) is 0 Å². The molecule has 0 heterocycles. The van der Waals surface area contributed by atoms with Gasteiger partial charge in [-0.25, -0.2) is 0 Å². The second kappa shape index (κ2) is 9.53. The maximum atomic E-state index is 10.5. The molecule has 0 radical (unpaired) electrons. The monoisotopic (exact) mass is 430 g/mol. The molecule has 176 valence electrons. The molecule has 3 rings (SSSR count). The van der Waals surface area contributed by atoms with E-state index in [9.17, 15) is 15.3 Å². The smallest absolute Gasteiger partial charge is 0.0900 e. The highest BCUT2D eigenvalue weighted by molar-refractivity contribution is 5.37. The van der Waals surface area contributed by atoms with Crippen LogP contribution < -0.4 is 0 Å². The standard InChI is InChI=1S/C28H46O3/c1-20-21(10-8-13-25(20)29)14-15-22-11-9-18-27(4)23(16-17-24(22)27)12-6-7-19-28(5,31)26(2,3)30/h14-15,23-25,29-31H,1,6-13,16-19H2,2-5H3/b21-14-,22-15+. The summed E-state index contributed by atoms with van der Waals surface area (Å²) in [5.41, 5.74) is 2.08. The number of fused-ring (bicyclic) bond motifs is 1. The van der Waals surface area contributed by atoms with Crippen LogP contribution in [0.5, 0.6) is 0 Å². The number of rotatable bonds is 7. The van der Waals surface area contributed by atoms with E-state index in [2.05, 4.69) is 25.7 Å². The van der Waals surface area contributed by atoms with Crippen molar-refractivity contribution in [2.24, 2.45) is 17.3 Å². The normalized spacial score (nSPS) is 36.6. The molecule has 3 fully saturated rings. The predicted molar refractivity (Wildman–Crippen MR) is 129 cm³/mol. The first kappa shape index (κ1) is 24.7. The highest BCUT2D eigenvalue weighted by Gasteiger charge is 2.48. The minimum atomic E-state index is -1.06. The average molecular weight is 431 g/mol. The minimum absolute atomic E-state index is 0.358. The van der Waals surface area contributed by atoms with E-state index in [1.54, 1.807) is 26.3 Å². The third-order valence-electron chi connectivity index (χ3n) is 9.18. The summed E-state index contributed by atoms with van der Waals surface area (Å²) in [5.74, 6) is 1.44. The number of unbranched alkanes of at least 4 members (excludes halogenated alkanes) is 1. The Labute approximate surface area is 190 Å². The maximum Gasteiger partial charge on any atom is 0.0900 e. The van der Waals surface area contributed by atoms with Crippen LogP contribution in [0, 0.1) is 17.3 Å². The summed E-state index contributed by atoms with van der Waals surface area (Å²) >= 11 is 0. The Kier molecular flexibility index (Phi) is 7.61. The molecule has 31 heavy (non-hydrogen) atoms. The van der Waals surface area contributed by atoms with Gasteiger partial charge in [-0.05, 0) is 113 Å². The lowest BCUT2D eigenvalue weighted by molar-refractivity contribution is -0.124. The highest BCUT2D eigenvalue weighted by Crippen LogP contribution is 2.58. The summed E-state index contributed by atoms with van der Waals surface area (Å²) in [7, 11) is 0. The first-order chi connectivity index (χ1) is 14.5. The number of hydrogen-bond donors (Lipinski definition) is 3. The third kappa shape index (κ3) is 5.37. The van der Waals surface area contributed by atoms with E-state index >= 15 is 0 Å². The first-order valence-electron chi connectivity index (χ1n) is 12.7. The van der Waals surface area contributed by atoms with E-state index in [-0.39, 0.29) is 6.10 Å². The van der Waals surface area contributed by atoms with Gasteiger partial charge in [0.1, 0.15) is 0 Å². The fourth-order valence-corrected chi connectivity index (χ4v) is 6.42. The van der Waals surface area contributed by atoms with Crippen molar-refractivity contribution >= 4 is 0 Å². The Balaban J connectivity index is 1.60. The Hall–Kier alpha value is -0.900. The molecule has 3 saturated carbocycles. The molecule has 0 aromatic rings. The van der Waals surface area contributed by atoms with E-state index in [1.807, 2.05) is 0 Å². The quantitative estimate of drug-likeness (QED) is 0.419. The summed E-state index contributed by atoms with van der Waals surface area (Å²) in [4.78, 5) is 0. The first-order valence-corrected chi connectivity index (χ1v) is 12.7. The molecule has 0 aromatic heterocycles. The van der Waals surface area contributed by atoms with E-state index in [1.165, 1.54) is 44.1 Å². The second-order valence-electron chi connectivity index (χ2n) is 11.6. The van der Waals surface area contributed by atoms with Gasteiger partial charge in [0.2, 0.25) is 0 Å². The Morgan fingerprint density at radius 1 is 1.03 bits per heavy atom. The summed E-state index contributed by atoms with van der Waals surface area (Å²) < 4.78 is 0. The second-order valence-corrected chi connectivity index (χ2v) is 11.6. The molecule has 3 nitrogen and oxygen atoms in total. The van der Waals surface area contributed by atoms with Gasteiger partial charge in [0.15, 0.2) is 0 Å². The van der Waals surface area contributed by atoms with Gasteiger partial charge >= 0.3 is 0 Å². The molecule has 0 aromatic carbocycles. The molecule has 0 aliphatic heterocycles. The van der Waals surface area contributed by atoms with Gasteiger partial charge in [-0.2, -0.15) is 0 Å². The number of aliphatic hydroxyl groups excluding tert-OH is 1. The fraction of sp³-hybridized carbons (Fsp3) is 0.786. The average Bonchev–Trinajstić information content (AvgIpc) is 3.02. The van der Waals surface area contributed by atoms with Crippen LogP contribution in [0.25, 0.3) is 0 Å². The van der Waals surface area contributed by atoms with Gasteiger partial charge in [0, 0.05) is 0 Å². The minimum Gasteiger partial charge on any atom is -0.388 e. The molecule has 5 atom stereocenters. The van der Waals surface area contributed by atoms with Crippen LogP contribution in [-0.2, 0) is 0 Å². The van der Waals surface area contributed by atoms with Gasteiger partial charge in [0.25, 0.3) is 0 Å². The SMILES string of the molecule is C=C1/C(=C\C=C2/CCCC3(C)C(CCCCC(C)(O)C(C)(C)O)CCC23)CCCC1O. The van der Waals surface area contributed by atoms with Crippen molar-refractivity contribution in [2.45, 2.75) is 122 Å². The van der Waals surface area contributed by atoms with Crippen molar-refractivity contribution in [3.63, 3.8) is 0 Å². The highest BCUT2D eigenvalue weighted by atomic mass is 16.4. The molecule has 3 aliphatic carbocycles. The Morgan fingerprint density at radius 2 is 1.77 bits per heavy atom. The molecule has 5 unspecified atom stereocenters. The van der Waals surface area contributed by atoms with Crippen LogP contribution in [0.4, 0.5) is 0 Å². The molecule has 3 aliphatic rings. The molecular formula is C28H46O3. The Bertz CT molecular complexity index is 708. The van der Waals surface area contributed by atoms with Crippen LogP contribution in [0.1, 0.15) is 105 Å². The largest absolute Gasteiger partial charge is 0.388 e. The van der Waals surface area contributed by atoms with Gasteiger partial charge in [0.05, 0.1) is 17.3 Å². The molecule has 0 saturated heterocycles. The Morgan fingerprint density at radius 3 is 2.48 bits per heavy atom. The third-order valence-corrected chi connectivity index (χ3v) is 9.18. The lowest BCUT2D eigenvalue weighted by atomic mass is 9.62. The number of aliphatic hydroxyl groups is 3. The zero-order chi connectivity index (χ0) is 22.9. The zero-order valence-electron chi connectivity index (χ0n) is 20.4. The van der Waals surface area contributed by atoms with Crippen molar-refractivity contribution in [2.75, 3.05) is 0 Å². The van der Waals surface area contributed by atoms with Crippen molar-refractivity contribution in [3.8, 4) is 0 Å². The maximum absolute atomic E-state index is 10.5. The van der Waals surface area contributed by atoms with E-state index in [0.29, 0.717) is 17.8 Å². The topological polar surface area (TPSA) is 60.7 Å². The van der Waals surface area contributed by atoms with Crippen molar-refractivity contribution in [1.82, 2.24) is 0 Å². The van der Waals surface area contributed by atoms with Crippen LogP contribution in [0.3, 0.4) is 0 Å². The van der Waals surface area contributed by atoms with Crippen LogP contribution >= 0.6 is 0 Å². The van der Waals surface area contributed by atoms with Crippen LogP contribution in [0.15, 0.2) is 35.5 Å². The summed E-state index contributed by atoms with van der Waals surface area (Å²) in [5, 5.41) is 30.8. The van der Waals surface area contributed by atoms with Crippen molar-refractivity contribution < 1.29 is 15.3 Å². The van der Waals surface area contributed by atoms with Gasteiger partial charge in [-0.3, -0.25) is 0 Å². The predicted octanol–water partition coefficient (Wildman–Crippen LogP) is 6.24. The molecular weight excluding hydrogens is 384 g/mol. The van der Waals surface area contributed by atoms with Crippen molar-refractivity contribution in [3.05, 3.63) is 35.5 Å².